The summed E-state index contributed by atoms with van der Waals surface area (Å²) in [6.45, 7) is 0. The molecular weight excluding hydrogens is 473 g/mol. The van der Waals surface area contributed by atoms with Gasteiger partial charge in [0.15, 0.2) is 5.82 Å². The summed E-state index contributed by atoms with van der Waals surface area (Å²) in [6, 6.07) is 15.9. The van der Waals surface area contributed by atoms with E-state index >= 15 is 4.39 Å². The van der Waals surface area contributed by atoms with E-state index in [1.165, 1.54) is 23.6 Å². The first kappa shape index (κ1) is 22.4. The molecule has 0 saturated heterocycles. The Morgan fingerprint density at radius 1 is 1.00 bits per heavy atom. The van der Waals surface area contributed by atoms with Crippen LogP contribution in [-0.2, 0) is 10.0 Å². The fourth-order valence-electron chi connectivity index (χ4n) is 4.11. The highest BCUT2D eigenvalue weighted by molar-refractivity contribution is 7.93. The number of nitrogens with one attached hydrogen (secondary N) is 1. The number of nitrogen functional groups attached to an aromatic ring is 1. The largest absolute Gasteiger partial charge is 0.368 e. The molecule has 2 heterocycles. The predicted octanol–water partition coefficient (Wildman–Crippen LogP) is 5.34. The standard InChI is InChI=1S/C24H22FN5O2S2/c25-20-17(11-6-12-18(20)30-34(31,32)16-9-4-5-10-16)21-22(19-13-14-27-24(26)28-19)33-23(29-21)15-7-2-1-3-8-15/h1-3,6-8,11-14,16,30H,4-5,9-10H2,(H2,26,27,28). The Morgan fingerprint density at radius 3 is 2.50 bits per heavy atom. The molecule has 7 nitrogen and oxygen atoms in total. The predicted molar refractivity (Wildman–Crippen MR) is 133 cm³/mol. The fraction of sp³-hybridized carbons (Fsp3) is 0.208. The highest BCUT2D eigenvalue weighted by Gasteiger charge is 2.30. The number of aromatic nitrogens is 3. The molecule has 0 spiro atoms. The van der Waals surface area contributed by atoms with Crippen LogP contribution in [0.1, 0.15) is 25.7 Å². The van der Waals surface area contributed by atoms with Gasteiger partial charge in [0.05, 0.1) is 27.2 Å². The van der Waals surface area contributed by atoms with Gasteiger partial charge in [0.1, 0.15) is 5.01 Å². The lowest BCUT2D eigenvalue weighted by Gasteiger charge is -2.15. The van der Waals surface area contributed by atoms with Crippen molar-refractivity contribution < 1.29 is 12.8 Å². The van der Waals surface area contributed by atoms with E-state index < -0.39 is 21.1 Å². The van der Waals surface area contributed by atoms with Crippen molar-refractivity contribution in [1.29, 1.82) is 0 Å². The molecule has 0 amide bonds. The number of hydrogen-bond acceptors (Lipinski definition) is 7. The molecule has 1 saturated carbocycles. The summed E-state index contributed by atoms with van der Waals surface area (Å²) >= 11 is 1.36. The molecule has 0 atom stereocenters. The third-order valence-electron chi connectivity index (χ3n) is 5.80. The molecule has 174 valence electrons. The van der Waals surface area contributed by atoms with Gasteiger partial charge in [0.25, 0.3) is 0 Å². The second-order valence-corrected chi connectivity index (χ2v) is 11.0. The number of hydrogen-bond donors (Lipinski definition) is 2. The minimum Gasteiger partial charge on any atom is -0.368 e. The summed E-state index contributed by atoms with van der Waals surface area (Å²) in [6.07, 6.45) is 4.43. The van der Waals surface area contributed by atoms with Crippen molar-refractivity contribution in [3.63, 3.8) is 0 Å². The average Bonchev–Trinajstić information content (AvgIpc) is 3.52. The Kier molecular flexibility index (Phi) is 6.01. The molecule has 0 bridgehead atoms. The molecule has 2 aromatic heterocycles. The van der Waals surface area contributed by atoms with Gasteiger partial charge >= 0.3 is 0 Å². The first-order chi connectivity index (χ1) is 16.4. The van der Waals surface area contributed by atoms with Crippen LogP contribution in [0.25, 0.3) is 32.4 Å². The number of anilines is 2. The lowest BCUT2D eigenvalue weighted by Crippen LogP contribution is -2.25. The molecule has 4 aromatic rings. The third-order valence-corrected chi connectivity index (χ3v) is 8.78. The number of halogens is 1. The topological polar surface area (TPSA) is 111 Å². The van der Waals surface area contributed by atoms with E-state index in [-0.39, 0.29) is 17.2 Å². The van der Waals surface area contributed by atoms with Crippen molar-refractivity contribution in [2.75, 3.05) is 10.5 Å². The van der Waals surface area contributed by atoms with E-state index in [1.807, 2.05) is 30.3 Å². The van der Waals surface area contributed by atoms with E-state index in [0.29, 0.717) is 34.1 Å². The van der Waals surface area contributed by atoms with Crippen molar-refractivity contribution in [1.82, 2.24) is 15.0 Å². The van der Waals surface area contributed by atoms with E-state index in [1.54, 1.807) is 18.2 Å². The fourth-order valence-corrected chi connectivity index (χ4v) is 6.75. The van der Waals surface area contributed by atoms with Crippen LogP contribution in [-0.4, -0.2) is 28.6 Å². The number of benzene rings is 2. The lowest BCUT2D eigenvalue weighted by atomic mass is 10.1. The summed E-state index contributed by atoms with van der Waals surface area (Å²) in [5, 5.41) is 0.179. The normalized spacial score (nSPS) is 14.4. The number of nitrogens with zero attached hydrogens (tertiary/aromatic N) is 3. The average molecular weight is 496 g/mol. The third kappa shape index (κ3) is 4.38. The van der Waals surface area contributed by atoms with Crippen LogP contribution >= 0.6 is 11.3 Å². The summed E-state index contributed by atoms with van der Waals surface area (Å²) in [5.74, 6) is -0.589. The van der Waals surface area contributed by atoms with Crippen LogP contribution in [0.4, 0.5) is 16.0 Å². The Morgan fingerprint density at radius 2 is 1.76 bits per heavy atom. The number of rotatable bonds is 6. The molecule has 1 aliphatic carbocycles. The van der Waals surface area contributed by atoms with E-state index in [9.17, 15) is 8.42 Å². The zero-order valence-electron chi connectivity index (χ0n) is 18.1. The maximum absolute atomic E-state index is 15.7. The first-order valence-corrected chi connectivity index (χ1v) is 13.2. The smallest absolute Gasteiger partial charge is 0.235 e. The van der Waals surface area contributed by atoms with Gasteiger partial charge in [0, 0.05) is 17.3 Å². The monoisotopic (exact) mass is 495 g/mol. The summed E-state index contributed by atoms with van der Waals surface area (Å²) in [7, 11) is -3.69. The number of sulfonamides is 1. The van der Waals surface area contributed by atoms with Crippen LogP contribution in [0, 0.1) is 5.82 Å². The summed E-state index contributed by atoms with van der Waals surface area (Å²) in [5.41, 5.74) is 7.63. The number of nitrogens with two attached hydrogens (primary N) is 1. The van der Waals surface area contributed by atoms with Crippen LogP contribution in [0.15, 0.2) is 60.8 Å². The van der Waals surface area contributed by atoms with Crippen LogP contribution in [0.3, 0.4) is 0 Å². The van der Waals surface area contributed by atoms with Gasteiger partial charge in [-0.3, -0.25) is 4.72 Å². The van der Waals surface area contributed by atoms with Gasteiger partial charge < -0.3 is 5.73 Å². The van der Waals surface area contributed by atoms with Gasteiger partial charge in [0.2, 0.25) is 16.0 Å². The van der Waals surface area contributed by atoms with Crippen LogP contribution in [0.5, 0.6) is 0 Å². The quantitative estimate of drug-likeness (QED) is 0.374. The maximum atomic E-state index is 15.7. The van der Waals surface area contributed by atoms with Crippen molar-refractivity contribution in [3.05, 3.63) is 66.6 Å². The van der Waals surface area contributed by atoms with Gasteiger partial charge in [-0.1, -0.05) is 49.2 Å². The zero-order valence-corrected chi connectivity index (χ0v) is 19.7. The molecule has 0 aliphatic heterocycles. The van der Waals surface area contributed by atoms with Gasteiger partial charge in [-0.2, -0.15) is 0 Å². The second kappa shape index (κ2) is 9.11. The van der Waals surface area contributed by atoms with Crippen molar-refractivity contribution in [3.8, 4) is 32.4 Å². The van der Waals surface area contributed by atoms with Gasteiger partial charge in [-0.05, 0) is 31.0 Å². The molecule has 34 heavy (non-hydrogen) atoms. The molecule has 1 fully saturated rings. The van der Waals surface area contributed by atoms with Crippen molar-refractivity contribution in [2.45, 2.75) is 30.9 Å². The summed E-state index contributed by atoms with van der Waals surface area (Å²) in [4.78, 5) is 13.6. The zero-order chi connectivity index (χ0) is 23.7. The Labute approximate surface area is 201 Å². The van der Waals surface area contributed by atoms with E-state index in [0.717, 1.165) is 18.4 Å². The highest BCUT2D eigenvalue weighted by atomic mass is 32.2. The minimum atomic E-state index is -3.69. The molecule has 10 heteroatoms. The molecule has 5 rings (SSSR count). The minimum absolute atomic E-state index is 0.0909. The molecule has 2 aromatic carbocycles. The molecule has 1 aliphatic rings. The van der Waals surface area contributed by atoms with Gasteiger partial charge in [-0.15, -0.1) is 11.3 Å². The summed E-state index contributed by atoms with van der Waals surface area (Å²) < 4.78 is 43.8. The first-order valence-electron chi connectivity index (χ1n) is 10.9. The van der Waals surface area contributed by atoms with E-state index in [4.69, 9.17) is 10.7 Å². The van der Waals surface area contributed by atoms with E-state index in [2.05, 4.69) is 14.7 Å². The lowest BCUT2D eigenvalue weighted by molar-refractivity contribution is 0.583. The number of thiazole rings is 1. The maximum Gasteiger partial charge on any atom is 0.235 e. The Bertz CT molecular complexity index is 1440. The Balaban J connectivity index is 1.62. The highest BCUT2D eigenvalue weighted by Crippen LogP contribution is 2.42. The van der Waals surface area contributed by atoms with Gasteiger partial charge in [-0.25, -0.2) is 27.8 Å². The van der Waals surface area contributed by atoms with Crippen LogP contribution in [0.2, 0.25) is 0 Å². The Hall–Kier alpha value is -3.37. The second-order valence-electron chi connectivity index (χ2n) is 8.08. The SMILES string of the molecule is Nc1nccc(-c2sc(-c3ccccc3)nc2-c2cccc(NS(=O)(=O)C3CCCC3)c2F)n1. The molecule has 0 unspecified atom stereocenters. The van der Waals surface area contributed by atoms with Crippen molar-refractivity contribution >= 4 is 33.0 Å². The van der Waals surface area contributed by atoms with Crippen LogP contribution < -0.4 is 10.5 Å². The molecular formula is C24H22FN5O2S2. The van der Waals surface area contributed by atoms with Crippen molar-refractivity contribution in [2.24, 2.45) is 0 Å². The molecule has 3 N–H and O–H groups in total. The molecule has 0 radical (unpaired) electrons.